The lowest BCUT2D eigenvalue weighted by atomic mass is 10.1. The fourth-order valence-electron chi connectivity index (χ4n) is 3.69. The fourth-order valence-corrected chi connectivity index (χ4v) is 4.79. The van der Waals surface area contributed by atoms with Gasteiger partial charge in [-0.3, -0.25) is 19.2 Å². The van der Waals surface area contributed by atoms with E-state index < -0.39 is 35.8 Å². The summed E-state index contributed by atoms with van der Waals surface area (Å²) in [5.41, 5.74) is 6.11. The molecule has 0 saturated carbocycles. The van der Waals surface area contributed by atoms with Crippen LogP contribution in [-0.4, -0.2) is 64.5 Å². The Hall–Kier alpha value is -3.16. The zero-order valence-corrected chi connectivity index (χ0v) is 24.6. The molecule has 2 heterocycles. The minimum Gasteiger partial charge on any atom is -0.456 e. The second kappa shape index (κ2) is 17.5. The van der Waals surface area contributed by atoms with Crippen LogP contribution < -0.4 is 21.7 Å². The molecule has 0 radical (unpaired) electrons. The van der Waals surface area contributed by atoms with Gasteiger partial charge in [-0.25, -0.2) is 9.78 Å². The molecule has 40 heavy (non-hydrogen) atoms. The highest BCUT2D eigenvalue weighted by molar-refractivity contribution is 8.13. The van der Waals surface area contributed by atoms with Gasteiger partial charge in [-0.2, -0.15) is 0 Å². The smallest absolute Gasteiger partial charge is 0.329 e. The summed E-state index contributed by atoms with van der Waals surface area (Å²) in [4.78, 5) is 68.4. The van der Waals surface area contributed by atoms with Crippen LogP contribution in [-0.2, 0) is 30.5 Å². The molecule has 1 aromatic rings. The average molecular weight is 592 g/mol. The molecule has 13 heteroatoms. The van der Waals surface area contributed by atoms with Crippen LogP contribution in [0.1, 0.15) is 62.1 Å². The molecule has 3 amide bonds. The summed E-state index contributed by atoms with van der Waals surface area (Å²) in [5.74, 6) is -1.82. The van der Waals surface area contributed by atoms with Gasteiger partial charge in [0.1, 0.15) is 23.5 Å². The van der Waals surface area contributed by atoms with Crippen LogP contribution in [0.2, 0.25) is 0 Å². The topological polar surface area (TPSA) is 170 Å². The van der Waals surface area contributed by atoms with Crippen LogP contribution >= 0.6 is 23.5 Å². The van der Waals surface area contributed by atoms with E-state index in [4.69, 9.17) is 10.5 Å². The lowest BCUT2D eigenvalue weighted by Gasteiger charge is -2.22. The van der Waals surface area contributed by atoms with Gasteiger partial charge in [0, 0.05) is 17.6 Å². The molecule has 0 saturated heterocycles. The Bertz CT molecular complexity index is 1140. The Morgan fingerprint density at radius 1 is 1.20 bits per heavy atom. The van der Waals surface area contributed by atoms with Crippen molar-refractivity contribution in [2.24, 2.45) is 5.73 Å². The molecule has 5 N–H and O–H groups in total. The number of aromatic nitrogens is 1. The third-order valence-corrected chi connectivity index (χ3v) is 7.41. The van der Waals surface area contributed by atoms with Crippen molar-refractivity contribution in [1.82, 2.24) is 20.9 Å². The number of hydrogen-bond acceptors (Lipinski definition) is 10. The number of nitrogens with zero attached hydrogens (tertiary/aromatic N) is 1. The number of unbranched alkanes of at least 4 members (excludes halogenated alkanes) is 1. The van der Waals surface area contributed by atoms with E-state index in [2.05, 4.69) is 20.9 Å². The van der Waals surface area contributed by atoms with E-state index >= 15 is 0 Å². The number of fused-ring (bicyclic) bond motifs is 2. The molecular formula is C27H37N5O6S2. The molecule has 1 aromatic heterocycles. The first-order valence-corrected chi connectivity index (χ1v) is 15.2. The number of thioether (sulfide) groups is 2. The Kier molecular flexibility index (Phi) is 14.5. The number of amides is 3. The first kappa shape index (κ1) is 33.0. The van der Waals surface area contributed by atoms with Crippen LogP contribution in [0, 0.1) is 0 Å². The van der Waals surface area contributed by atoms with Crippen molar-refractivity contribution in [3.8, 4) is 0 Å². The largest absolute Gasteiger partial charge is 0.456 e. The predicted octanol–water partition coefficient (Wildman–Crippen LogP) is 2.21. The number of allylic oxidation sites excluding steroid dienone is 2. The van der Waals surface area contributed by atoms with Gasteiger partial charge in [0.15, 0.2) is 5.12 Å². The number of rotatable bonds is 9. The van der Waals surface area contributed by atoms with Crippen LogP contribution in [0.25, 0.3) is 0 Å². The number of hydrogen-bond donors (Lipinski definition) is 4. The number of esters is 1. The molecule has 1 aliphatic heterocycles. The first-order chi connectivity index (χ1) is 19.2. The molecule has 2 bridgehead atoms. The SMILES string of the molecule is C/C=C1\NC(=O)c2ccc(SC)c(n2)CNC(=O)C[C@@H](/C=C/CCSC(C)=O)OC(=O)[C@H](CCCCN)NC1=O. The summed E-state index contributed by atoms with van der Waals surface area (Å²) in [6.45, 7) is 3.54. The Labute approximate surface area is 242 Å². The van der Waals surface area contributed by atoms with Crippen molar-refractivity contribution in [2.75, 3.05) is 18.6 Å². The summed E-state index contributed by atoms with van der Waals surface area (Å²) < 4.78 is 5.69. The average Bonchev–Trinajstić information content (AvgIpc) is 2.92. The standard InChI is InChI=1S/C27H37N5O6S2/c1-4-19-25(35)32-21(10-5-7-13-28)27(37)38-18(9-6-8-14-40-17(2)33)15-24(34)29-16-22-23(39-3)12-11-20(30-22)26(36)31-19/h4,6,9,11-12,18,21H,5,7-8,10,13-16,28H2,1-3H3,(H,29,34)(H,31,36)(H,32,35)/b9-6+,19-4-/t18-,21+/m1/s1. The van der Waals surface area contributed by atoms with E-state index in [1.54, 1.807) is 31.2 Å². The van der Waals surface area contributed by atoms with Gasteiger partial charge in [0.25, 0.3) is 11.8 Å². The number of pyridine rings is 1. The highest BCUT2D eigenvalue weighted by Gasteiger charge is 2.27. The van der Waals surface area contributed by atoms with Crippen molar-refractivity contribution in [3.63, 3.8) is 0 Å². The summed E-state index contributed by atoms with van der Waals surface area (Å²) in [7, 11) is 0. The first-order valence-electron chi connectivity index (χ1n) is 13.0. The van der Waals surface area contributed by atoms with Crippen molar-refractivity contribution in [3.05, 3.63) is 47.4 Å². The van der Waals surface area contributed by atoms with Crippen LogP contribution in [0.5, 0.6) is 0 Å². The third kappa shape index (κ3) is 11.1. The van der Waals surface area contributed by atoms with E-state index in [1.807, 2.05) is 6.26 Å². The molecular weight excluding hydrogens is 554 g/mol. The summed E-state index contributed by atoms with van der Waals surface area (Å²) in [6, 6.07) is 2.24. The number of carbonyl (C=O) groups is 5. The normalized spacial score (nSPS) is 20.1. The molecule has 0 unspecified atom stereocenters. The number of cyclic esters (lactones) is 1. The Balaban J connectivity index is 2.40. The lowest BCUT2D eigenvalue weighted by Crippen LogP contribution is -2.46. The van der Waals surface area contributed by atoms with Gasteiger partial charge in [-0.15, -0.1) is 11.8 Å². The van der Waals surface area contributed by atoms with Gasteiger partial charge in [-0.05, 0) is 63.6 Å². The molecule has 2 rings (SSSR count). The van der Waals surface area contributed by atoms with Crippen molar-refractivity contribution < 1.29 is 28.7 Å². The van der Waals surface area contributed by atoms with E-state index in [0.717, 1.165) is 4.90 Å². The van der Waals surface area contributed by atoms with Gasteiger partial charge >= 0.3 is 5.97 Å². The predicted molar refractivity (Wildman–Crippen MR) is 155 cm³/mol. The van der Waals surface area contributed by atoms with Crippen molar-refractivity contribution in [2.45, 2.75) is 69.5 Å². The van der Waals surface area contributed by atoms with Gasteiger partial charge < -0.3 is 26.4 Å². The van der Waals surface area contributed by atoms with Gasteiger partial charge in [0.2, 0.25) is 5.91 Å². The fraction of sp³-hybridized carbons (Fsp3) is 0.481. The summed E-state index contributed by atoms with van der Waals surface area (Å²) in [6.07, 6.45) is 7.55. The maximum Gasteiger partial charge on any atom is 0.329 e. The highest BCUT2D eigenvalue weighted by atomic mass is 32.2. The molecule has 0 aromatic carbocycles. The minimum atomic E-state index is -1.03. The number of carbonyl (C=O) groups excluding carboxylic acids is 5. The molecule has 2 atom stereocenters. The van der Waals surface area contributed by atoms with Crippen molar-refractivity contribution in [1.29, 1.82) is 0 Å². The highest BCUT2D eigenvalue weighted by Crippen LogP contribution is 2.20. The maximum atomic E-state index is 13.2. The second-order valence-corrected chi connectivity index (χ2v) is 10.9. The van der Waals surface area contributed by atoms with Crippen molar-refractivity contribution >= 4 is 52.3 Å². The lowest BCUT2D eigenvalue weighted by molar-refractivity contribution is -0.152. The molecule has 1 aliphatic rings. The quantitative estimate of drug-likeness (QED) is 0.110. The molecule has 0 aliphatic carbocycles. The molecule has 218 valence electrons. The zero-order chi connectivity index (χ0) is 29.5. The van der Waals surface area contributed by atoms with Crippen LogP contribution in [0.4, 0.5) is 0 Å². The molecule has 0 fully saturated rings. The summed E-state index contributed by atoms with van der Waals surface area (Å²) in [5, 5.41) is 7.99. The molecule has 0 spiro atoms. The minimum absolute atomic E-state index is 0.000967. The Morgan fingerprint density at radius 3 is 2.65 bits per heavy atom. The van der Waals surface area contributed by atoms with Gasteiger partial charge in [0.05, 0.1) is 18.7 Å². The maximum absolute atomic E-state index is 13.2. The summed E-state index contributed by atoms with van der Waals surface area (Å²) >= 11 is 2.59. The monoisotopic (exact) mass is 591 g/mol. The van der Waals surface area contributed by atoms with E-state index in [9.17, 15) is 24.0 Å². The zero-order valence-electron chi connectivity index (χ0n) is 23.0. The van der Waals surface area contributed by atoms with E-state index in [1.165, 1.54) is 36.5 Å². The number of ether oxygens (including phenoxy) is 1. The second-order valence-electron chi connectivity index (χ2n) is 8.83. The molecule has 11 nitrogen and oxygen atoms in total. The van der Waals surface area contributed by atoms with E-state index in [-0.39, 0.29) is 35.9 Å². The third-order valence-electron chi connectivity index (χ3n) is 5.75. The van der Waals surface area contributed by atoms with E-state index in [0.29, 0.717) is 37.3 Å². The van der Waals surface area contributed by atoms with Crippen LogP contribution in [0.3, 0.4) is 0 Å². The van der Waals surface area contributed by atoms with Gasteiger partial charge in [-0.1, -0.05) is 23.9 Å². The van der Waals surface area contributed by atoms with Crippen LogP contribution in [0.15, 0.2) is 41.0 Å². The number of nitrogens with one attached hydrogen (secondary N) is 3. The Morgan fingerprint density at radius 2 is 1.98 bits per heavy atom. The number of nitrogens with two attached hydrogens (primary N) is 1.